The minimum atomic E-state index is -0.180. The van der Waals surface area contributed by atoms with E-state index in [0.29, 0.717) is 12.5 Å². The molecule has 0 aromatic carbocycles. The van der Waals surface area contributed by atoms with E-state index in [1.165, 1.54) is 6.42 Å². The van der Waals surface area contributed by atoms with E-state index >= 15 is 0 Å². The van der Waals surface area contributed by atoms with Crippen LogP contribution in [-0.4, -0.2) is 43.8 Å². The summed E-state index contributed by atoms with van der Waals surface area (Å²) in [5.74, 6) is 0. The molecule has 0 saturated carbocycles. The lowest BCUT2D eigenvalue weighted by Crippen LogP contribution is -2.50. The third-order valence-corrected chi connectivity index (χ3v) is 2.44. The van der Waals surface area contributed by atoms with Gasteiger partial charge in [0.25, 0.3) is 0 Å². The lowest BCUT2D eigenvalue weighted by Gasteiger charge is -2.32. The molecule has 0 aromatic heterocycles. The SMILES string of the molecule is CCC1CN(CCCF)CCN1. The van der Waals surface area contributed by atoms with E-state index in [9.17, 15) is 4.39 Å². The van der Waals surface area contributed by atoms with Gasteiger partial charge in [-0.05, 0) is 12.8 Å². The summed E-state index contributed by atoms with van der Waals surface area (Å²) in [5.41, 5.74) is 0. The molecule has 0 aromatic rings. The quantitative estimate of drug-likeness (QED) is 0.685. The first kappa shape index (κ1) is 9.93. The minimum absolute atomic E-state index is 0.180. The largest absolute Gasteiger partial charge is 0.311 e. The van der Waals surface area contributed by atoms with Crippen molar-refractivity contribution in [3.8, 4) is 0 Å². The van der Waals surface area contributed by atoms with Gasteiger partial charge in [0, 0.05) is 32.2 Å². The van der Waals surface area contributed by atoms with Crippen LogP contribution >= 0.6 is 0 Å². The standard InChI is InChI=1S/C9H19FN2/c1-2-9-8-12(6-3-4-10)7-5-11-9/h9,11H,2-8H2,1H3. The third-order valence-electron chi connectivity index (χ3n) is 2.44. The van der Waals surface area contributed by atoms with Crippen LogP contribution in [0, 0.1) is 0 Å². The summed E-state index contributed by atoms with van der Waals surface area (Å²) >= 11 is 0. The fourth-order valence-electron chi connectivity index (χ4n) is 1.65. The van der Waals surface area contributed by atoms with Crippen molar-refractivity contribution < 1.29 is 4.39 Å². The average Bonchev–Trinajstić information content (AvgIpc) is 2.15. The molecule has 1 fully saturated rings. The molecule has 1 N–H and O–H groups in total. The van der Waals surface area contributed by atoms with E-state index in [1.807, 2.05) is 0 Å². The number of halogens is 1. The van der Waals surface area contributed by atoms with Crippen molar-refractivity contribution in [2.24, 2.45) is 0 Å². The lowest BCUT2D eigenvalue weighted by atomic mass is 10.1. The molecule has 1 saturated heterocycles. The van der Waals surface area contributed by atoms with Crippen molar-refractivity contribution in [1.29, 1.82) is 0 Å². The zero-order valence-electron chi connectivity index (χ0n) is 7.85. The number of rotatable bonds is 4. The van der Waals surface area contributed by atoms with E-state index in [1.54, 1.807) is 0 Å². The highest BCUT2D eigenvalue weighted by atomic mass is 19.1. The molecule has 0 amide bonds. The van der Waals surface area contributed by atoms with Crippen LogP contribution in [0.25, 0.3) is 0 Å². The predicted molar refractivity (Wildman–Crippen MR) is 49.1 cm³/mol. The van der Waals surface area contributed by atoms with Crippen LogP contribution in [0.2, 0.25) is 0 Å². The highest BCUT2D eigenvalue weighted by molar-refractivity contribution is 4.76. The Hall–Kier alpha value is -0.150. The van der Waals surface area contributed by atoms with Gasteiger partial charge >= 0.3 is 0 Å². The van der Waals surface area contributed by atoms with Gasteiger partial charge in [-0.25, -0.2) is 0 Å². The smallest absolute Gasteiger partial charge is 0.0906 e. The summed E-state index contributed by atoms with van der Waals surface area (Å²) in [7, 11) is 0. The number of nitrogens with zero attached hydrogens (tertiary/aromatic N) is 1. The monoisotopic (exact) mass is 174 g/mol. The van der Waals surface area contributed by atoms with Crippen LogP contribution in [0.5, 0.6) is 0 Å². The van der Waals surface area contributed by atoms with Crippen LogP contribution in [0.1, 0.15) is 19.8 Å². The van der Waals surface area contributed by atoms with E-state index in [0.717, 1.165) is 26.2 Å². The molecule has 12 heavy (non-hydrogen) atoms. The molecule has 3 heteroatoms. The second-order valence-corrected chi connectivity index (χ2v) is 3.40. The first-order valence-corrected chi connectivity index (χ1v) is 4.88. The van der Waals surface area contributed by atoms with Gasteiger partial charge in [0.2, 0.25) is 0 Å². The third kappa shape index (κ3) is 3.07. The van der Waals surface area contributed by atoms with Gasteiger partial charge in [0.05, 0.1) is 6.67 Å². The van der Waals surface area contributed by atoms with E-state index in [-0.39, 0.29) is 6.67 Å². The Bertz CT molecular complexity index is 119. The van der Waals surface area contributed by atoms with Crippen molar-refractivity contribution in [3.05, 3.63) is 0 Å². The maximum absolute atomic E-state index is 11.9. The zero-order chi connectivity index (χ0) is 8.81. The molecule has 0 bridgehead atoms. The second kappa shape index (κ2) is 5.49. The van der Waals surface area contributed by atoms with Gasteiger partial charge in [-0.15, -0.1) is 0 Å². The van der Waals surface area contributed by atoms with Gasteiger partial charge in [-0.2, -0.15) is 0 Å². The maximum atomic E-state index is 11.9. The summed E-state index contributed by atoms with van der Waals surface area (Å²) < 4.78 is 11.9. The summed E-state index contributed by atoms with van der Waals surface area (Å²) in [6, 6.07) is 0.623. The average molecular weight is 174 g/mol. The van der Waals surface area contributed by atoms with Crippen LogP contribution in [0.3, 0.4) is 0 Å². The first-order chi connectivity index (χ1) is 5.86. The molecule has 1 unspecified atom stereocenters. The van der Waals surface area contributed by atoms with Gasteiger partial charge in [-0.1, -0.05) is 6.92 Å². The molecule has 0 spiro atoms. The van der Waals surface area contributed by atoms with Gasteiger partial charge in [-0.3, -0.25) is 4.39 Å². The Morgan fingerprint density at radius 3 is 3.08 bits per heavy atom. The Morgan fingerprint density at radius 2 is 2.42 bits per heavy atom. The number of piperazine rings is 1. The Morgan fingerprint density at radius 1 is 1.58 bits per heavy atom. The molecular formula is C9H19FN2. The molecule has 2 nitrogen and oxygen atoms in total. The fraction of sp³-hybridized carbons (Fsp3) is 1.00. The molecule has 1 heterocycles. The number of nitrogens with one attached hydrogen (secondary N) is 1. The van der Waals surface area contributed by atoms with Gasteiger partial charge in [0.15, 0.2) is 0 Å². The van der Waals surface area contributed by atoms with Crippen molar-refractivity contribution >= 4 is 0 Å². The highest BCUT2D eigenvalue weighted by Crippen LogP contribution is 2.02. The van der Waals surface area contributed by atoms with Crippen molar-refractivity contribution in [2.75, 3.05) is 32.9 Å². The van der Waals surface area contributed by atoms with Gasteiger partial charge in [0.1, 0.15) is 0 Å². The molecule has 72 valence electrons. The van der Waals surface area contributed by atoms with Crippen LogP contribution in [0.4, 0.5) is 4.39 Å². The molecule has 1 aliphatic rings. The molecule has 1 aliphatic heterocycles. The van der Waals surface area contributed by atoms with Gasteiger partial charge < -0.3 is 10.2 Å². The predicted octanol–water partition coefficient (Wildman–Crippen LogP) is 1.03. The topological polar surface area (TPSA) is 15.3 Å². The second-order valence-electron chi connectivity index (χ2n) is 3.40. The summed E-state index contributed by atoms with van der Waals surface area (Å²) in [6.07, 6.45) is 1.86. The number of alkyl halides is 1. The van der Waals surface area contributed by atoms with Crippen LogP contribution in [0.15, 0.2) is 0 Å². The van der Waals surface area contributed by atoms with Crippen molar-refractivity contribution in [1.82, 2.24) is 10.2 Å². The van der Waals surface area contributed by atoms with E-state index in [2.05, 4.69) is 17.1 Å². The highest BCUT2D eigenvalue weighted by Gasteiger charge is 2.16. The Labute approximate surface area is 74.1 Å². The fourth-order valence-corrected chi connectivity index (χ4v) is 1.65. The molecule has 1 atom stereocenters. The summed E-state index contributed by atoms with van der Waals surface area (Å²) in [4.78, 5) is 2.35. The molecule has 1 rings (SSSR count). The molecular weight excluding hydrogens is 155 g/mol. The molecule has 0 radical (unpaired) electrons. The minimum Gasteiger partial charge on any atom is -0.311 e. The Balaban J connectivity index is 2.16. The first-order valence-electron chi connectivity index (χ1n) is 4.88. The Kier molecular flexibility index (Phi) is 4.54. The van der Waals surface area contributed by atoms with Crippen LogP contribution < -0.4 is 5.32 Å². The molecule has 0 aliphatic carbocycles. The van der Waals surface area contributed by atoms with Crippen molar-refractivity contribution in [2.45, 2.75) is 25.8 Å². The van der Waals surface area contributed by atoms with Crippen LogP contribution in [-0.2, 0) is 0 Å². The summed E-state index contributed by atoms with van der Waals surface area (Å²) in [6.45, 7) is 6.17. The van der Waals surface area contributed by atoms with E-state index in [4.69, 9.17) is 0 Å². The number of hydrogen-bond donors (Lipinski definition) is 1. The maximum Gasteiger partial charge on any atom is 0.0906 e. The lowest BCUT2D eigenvalue weighted by molar-refractivity contribution is 0.190. The zero-order valence-corrected chi connectivity index (χ0v) is 7.85. The number of hydrogen-bond acceptors (Lipinski definition) is 2. The van der Waals surface area contributed by atoms with E-state index < -0.39 is 0 Å². The normalized spacial score (nSPS) is 26.0. The van der Waals surface area contributed by atoms with Crippen molar-refractivity contribution in [3.63, 3.8) is 0 Å². The summed E-state index contributed by atoms with van der Waals surface area (Å²) in [5, 5.41) is 3.44.